The Hall–Kier alpha value is -2.24. The maximum atomic E-state index is 12.6. The predicted molar refractivity (Wildman–Crippen MR) is 72.9 cm³/mol. The molecular weight excluding hydrogens is 274 g/mol. The van der Waals surface area contributed by atoms with Crippen LogP contribution in [0.4, 0.5) is 0 Å². The second-order valence-corrected chi connectivity index (χ2v) is 5.20. The molecule has 0 saturated heterocycles. The molecule has 21 heavy (non-hydrogen) atoms. The molecule has 112 valence electrons. The van der Waals surface area contributed by atoms with Crippen LogP contribution in [0.5, 0.6) is 0 Å². The van der Waals surface area contributed by atoms with Crippen LogP contribution in [0.15, 0.2) is 22.4 Å². The molecule has 1 aliphatic heterocycles. The Labute approximate surface area is 122 Å². The number of carbonyl (C=O) groups excluding carboxylic acids is 4. The maximum absolute atomic E-state index is 12.6. The average molecular weight is 291 g/mol. The first kappa shape index (κ1) is 15.2. The number of ether oxygens (including phenoxy) is 1. The molecule has 0 fully saturated rings. The predicted octanol–water partition coefficient (Wildman–Crippen LogP) is 0.770. The molecule has 0 bridgehead atoms. The van der Waals surface area contributed by atoms with Gasteiger partial charge in [-0.2, -0.15) is 0 Å². The van der Waals surface area contributed by atoms with Crippen LogP contribution in [0, 0.1) is 5.41 Å². The van der Waals surface area contributed by atoms with Crippen molar-refractivity contribution in [2.45, 2.75) is 27.7 Å². The van der Waals surface area contributed by atoms with E-state index in [1.165, 1.54) is 32.7 Å². The van der Waals surface area contributed by atoms with E-state index in [0.717, 1.165) is 0 Å². The molecule has 0 N–H and O–H groups in total. The second kappa shape index (κ2) is 4.65. The zero-order valence-corrected chi connectivity index (χ0v) is 12.7. The highest BCUT2D eigenvalue weighted by atomic mass is 16.5. The lowest BCUT2D eigenvalue weighted by Gasteiger charge is -2.21. The number of rotatable bonds is 2. The molecule has 0 aromatic rings. The standard InChI is InChI=1S/C15H17NO5/c1-6-21-13(19)10-9(4)16(5)14(20)15(10)11(17)7(2)8(3)12(15)18/h6H2,1-5H3. The lowest BCUT2D eigenvalue weighted by Crippen LogP contribution is -2.47. The molecule has 0 aromatic heterocycles. The molecule has 6 nitrogen and oxygen atoms in total. The molecule has 1 amide bonds. The van der Waals surface area contributed by atoms with Crippen LogP contribution in [0.25, 0.3) is 0 Å². The Bertz CT molecular complexity index is 629. The molecular formula is C15H17NO5. The van der Waals surface area contributed by atoms with Crippen molar-refractivity contribution in [2.24, 2.45) is 5.41 Å². The smallest absolute Gasteiger partial charge is 0.337 e. The third-order valence-electron chi connectivity index (χ3n) is 4.27. The number of nitrogens with zero attached hydrogens (tertiary/aromatic N) is 1. The van der Waals surface area contributed by atoms with E-state index >= 15 is 0 Å². The number of hydrogen-bond acceptors (Lipinski definition) is 5. The van der Waals surface area contributed by atoms with Crippen LogP contribution < -0.4 is 0 Å². The number of carbonyl (C=O) groups is 4. The van der Waals surface area contributed by atoms with Gasteiger partial charge in [-0.25, -0.2) is 4.79 Å². The summed E-state index contributed by atoms with van der Waals surface area (Å²) in [4.78, 5) is 51.2. The average Bonchev–Trinajstić information content (AvgIpc) is 2.74. The number of hydrogen-bond donors (Lipinski definition) is 0. The molecule has 1 heterocycles. The van der Waals surface area contributed by atoms with E-state index in [1.807, 2.05) is 0 Å². The molecule has 1 aliphatic carbocycles. The molecule has 6 heteroatoms. The van der Waals surface area contributed by atoms with Gasteiger partial charge < -0.3 is 9.64 Å². The van der Waals surface area contributed by atoms with Crippen LogP contribution in [0.3, 0.4) is 0 Å². The Balaban J connectivity index is 2.73. The second-order valence-electron chi connectivity index (χ2n) is 5.20. The number of amides is 1. The van der Waals surface area contributed by atoms with Crippen LogP contribution in [-0.4, -0.2) is 42.0 Å². The summed E-state index contributed by atoms with van der Waals surface area (Å²) in [5, 5.41) is 0. The van der Waals surface area contributed by atoms with Crippen molar-refractivity contribution >= 4 is 23.4 Å². The lowest BCUT2D eigenvalue weighted by atomic mass is 9.75. The van der Waals surface area contributed by atoms with Gasteiger partial charge in [0.2, 0.25) is 5.41 Å². The minimum absolute atomic E-state index is 0.0946. The van der Waals surface area contributed by atoms with Crippen molar-refractivity contribution in [1.29, 1.82) is 0 Å². The van der Waals surface area contributed by atoms with Gasteiger partial charge >= 0.3 is 5.97 Å². The van der Waals surface area contributed by atoms with Crippen LogP contribution in [0.2, 0.25) is 0 Å². The molecule has 2 aliphatic rings. The fourth-order valence-electron chi connectivity index (χ4n) is 2.88. The summed E-state index contributed by atoms with van der Waals surface area (Å²) in [7, 11) is 1.44. The first-order chi connectivity index (χ1) is 9.72. The summed E-state index contributed by atoms with van der Waals surface area (Å²) in [5.74, 6) is -2.73. The zero-order valence-electron chi connectivity index (χ0n) is 12.7. The quantitative estimate of drug-likeness (QED) is 0.554. The Morgan fingerprint density at radius 1 is 1.10 bits per heavy atom. The number of Topliss-reactive ketones (excluding diaryl/α,β-unsaturated/α-hetero) is 2. The van der Waals surface area contributed by atoms with E-state index in [1.54, 1.807) is 6.92 Å². The molecule has 1 spiro atoms. The lowest BCUT2D eigenvalue weighted by molar-refractivity contribution is -0.150. The summed E-state index contributed by atoms with van der Waals surface area (Å²) in [6.07, 6.45) is 0. The van der Waals surface area contributed by atoms with E-state index in [9.17, 15) is 19.2 Å². The molecule has 2 rings (SSSR count). The van der Waals surface area contributed by atoms with E-state index in [2.05, 4.69) is 0 Å². The number of ketones is 2. The third-order valence-corrected chi connectivity index (χ3v) is 4.27. The van der Waals surface area contributed by atoms with Gasteiger partial charge in [-0.05, 0) is 27.7 Å². The minimum Gasteiger partial charge on any atom is -0.463 e. The first-order valence-electron chi connectivity index (χ1n) is 6.66. The normalized spacial score (nSPS) is 21.2. The zero-order chi connectivity index (χ0) is 16.1. The highest BCUT2D eigenvalue weighted by Crippen LogP contribution is 2.48. The van der Waals surface area contributed by atoms with Crippen molar-refractivity contribution < 1.29 is 23.9 Å². The van der Waals surface area contributed by atoms with E-state index < -0.39 is 28.9 Å². The van der Waals surface area contributed by atoms with Gasteiger partial charge in [0.05, 0.1) is 12.2 Å². The molecule has 0 saturated carbocycles. The summed E-state index contributed by atoms with van der Waals surface area (Å²) >= 11 is 0. The van der Waals surface area contributed by atoms with Gasteiger partial charge in [-0.3, -0.25) is 14.4 Å². The number of esters is 1. The highest BCUT2D eigenvalue weighted by molar-refractivity contribution is 6.43. The maximum Gasteiger partial charge on any atom is 0.337 e. The van der Waals surface area contributed by atoms with E-state index in [0.29, 0.717) is 0 Å². The van der Waals surface area contributed by atoms with Gasteiger partial charge in [-0.1, -0.05) is 0 Å². The summed E-state index contributed by atoms with van der Waals surface area (Å²) < 4.78 is 4.95. The van der Waals surface area contributed by atoms with Crippen molar-refractivity contribution in [1.82, 2.24) is 4.90 Å². The monoisotopic (exact) mass is 291 g/mol. The van der Waals surface area contributed by atoms with Crippen LogP contribution in [0.1, 0.15) is 27.7 Å². The summed E-state index contributed by atoms with van der Waals surface area (Å²) in [5.41, 5.74) is -1.50. The Morgan fingerprint density at radius 2 is 1.57 bits per heavy atom. The van der Waals surface area contributed by atoms with Gasteiger partial charge in [0.25, 0.3) is 5.91 Å². The summed E-state index contributed by atoms with van der Waals surface area (Å²) in [6.45, 7) is 6.23. The fraction of sp³-hybridized carbons (Fsp3) is 0.467. The number of allylic oxidation sites excluding steroid dienone is 3. The van der Waals surface area contributed by atoms with E-state index in [4.69, 9.17) is 4.74 Å². The van der Waals surface area contributed by atoms with Gasteiger partial charge in [-0.15, -0.1) is 0 Å². The van der Waals surface area contributed by atoms with Gasteiger partial charge in [0, 0.05) is 23.9 Å². The first-order valence-corrected chi connectivity index (χ1v) is 6.66. The fourth-order valence-corrected chi connectivity index (χ4v) is 2.88. The van der Waals surface area contributed by atoms with Crippen molar-refractivity contribution in [2.75, 3.05) is 13.7 Å². The topological polar surface area (TPSA) is 80.8 Å². The van der Waals surface area contributed by atoms with Crippen molar-refractivity contribution in [3.8, 4) is 0 Å². The van der Waals surface area contributed by atoms with Crippen molar-refractivity contribution in [3.05, 3.63) is 22.4 Å². The minimum atomic E-state index is -2.07. The van der Waals surface area contributed by atoms with E-state index in [-0.39, 0.29) is 29.0 Å². The molecule has 0 radical (unpaired) electrons. The summed E-state index contributed by atoms with van der Waals surface area (Å²) in [6, 6.07) is 0. The van der Waals surface area contributed by atoms with Crippen LogP contribution >= 0.6 is 0 Å². The Morgan fingerprint density at radius 3 is 2.00 bits per heavy atom. The largest absolute Gasteiger partial charge is 0.463 e. The Kier molecular flexibility index (Phi) is 3.35. The SMILES string of the molecule is CCOC(=O)C1=C(C)N(C)C(=O)C12C(=O)C(C)=C(C)C2=O. The molecule has 0 aromatic carbocycles. The molecule has 0 atom stereocenters. The van der Waals surface area contributed by atoms with Crippen molar-refractivity contribution in [3.63, 3.8) is 0 Å². The van der Waals surface area contributed by atoms with Gasteiger partial charge in [0.1, 0.15) is 0 Å². The molecule has 0 unspecified atom stereocenters. The van der Waals surface area contributed by atoms with Crippen LogP contribution in [-0.2, 0) is 23.9 Å². The third kappa shape index (κ3) is 1.58. The highest BCUT2D eigenvalue weighted by Gasteiger charge is 2.66. The van der Waals surface area contributed by atoms with Gasteiger partial charge in [0.15, 0.2) is 11.6 Å².